The SMILES string of the molecule is COC(C)(C)CC[C@@H](C)C1CCC2C3CC=C4C[C@@H](O)CC[C@]4(C)C3CC[C@@]21C. The van der Waals surface area contributed by atoms with Crippen LogP contribution in [0.1, 0.15) is 98.8 Å². The molecular weight excluding hydrogens is 356 g/mol. The van der Waals surface area contributed by atoms with Crippen molar-refractivity contribution in [2.24, 2.45) is 40.4 Å². The maximum atomic E-state index is 10.2. The van der Waals surface area contributed by atoms with Crippen molar-refractivity contribution in [1.29, 1.82) is 0 Å². The molecule has 3 saturated carbocycles. The Hall–Kier alpha value is -0.340. The van der Waals surface area contributed by atoms with Gasteiger partial charge in [-0.2, -0.15) is 0 Å². The molecule has 3 fully saturated rings. The molecule has 4 unspecified atom stereocenters. The Kier molecular flexibility index (Phi) is 5.78. The lowest BCUT2D eigenvalue weighted by Crippen LogP contribution is -2.50. The smallest absolute Gasteiger partial charge is 0.0622 e. The molecule has 0 aliphatic heterocycles. The molecule has 2 heteroatoms. The molecule has 0 aromatic carbocycles. The third kappa shape index (κ3) is 3.65. The summed E-state index contributed by atoms with van der Waals surface area (Å²) in [5.41, 5.74) is 2.52. The Bertz CT molecular complexity index is 636. The predicted molar refractivity (Wildman–Crippen MR) is 121 cm³/mol. The number of allylic oxidation sites excluding steroid dienone is 1. The zero-order chi connectivity index (χ0) is 21.0. The van der Waals surface area contributed by atoms with Gasteiger partial charge in [-0.15, -0.1) is 0 Å². The predicted octanol–water partition coefficient (Wildman–Crippen LogP) is 6.77. The third-order valence-electron chi connectivity index (χ3n) is 10.6. The summed E-state index contributed by atoms with van der Waals surface area (Å²) in [5, 5.41) is 10.2. The average molecular weight is 403 g/mol. The van der Waals surface area contributed by atoms with Gasteiger partial charge >= 0.3 is 0 Å². The number of hydrogen-bond donors (Lipinski definition) is 1. The van der Waals surface area contributed by atoms with Crippen LogP contribution >= 0.6 is 0 Å². The van der Waals surface area contributed by atoms with Crippen molar-refractivity contribution in [2.75, 3.05) is 7.11 Å². The lowest BCUT2D eigenvalue weighted by molar-refractivity contribution is -0.0593. The molecule has 0 radical (unpaired) electrons. The first kappa shape index (κ1) is 21.9. The van der Waals surface area contributed by atoms with Gasteiger partial charge in [-0.3, -0.25) is 0 Å². The van der Waals surface area contributed by atoms with Crippen molar-refractivity contribution >= 4 is 0 Å². The average Bonchev–Trinajstić information content (AvgIpc) is 3.04. The second-order valence-corrected chi connectivity index (χ2v) is 12.4. The topological polar surface area (TPSA) is 29.5 Å². The fourth-order valence-corrected chi connectivity index (χ4v) is 8.50. The molecule has 4 rings (SSSR count). The second-order valence-electron chi connectivity index (χ2n) is 12.4. The molecule has 0 bridgehead atoms. The van der Waals surface area contributed by atoms with Crippen LogP contribution in [0.3, 0.4) is 0 Å². The highest BCUT2D eigenvalue weighted by molar-refractivity contribution is 5.25. The van der Waals surface area contributed by atoms with Crippen molar-refractivity contribution in [1.82, 2.24) is 0 Å². The van der Waals surface area contributed by atoms with Crippen LogP contribution < -0.4 is 0 Å². The molecule has 2 nitrogen and oxygen atoms in total. The summed E-state index contributed by atoms with van der Waals surface area (Å²) >= 11 is 0. The van der Waals surface area contributed by atoms with E-state index in [0.717, 1.165) is 42.4 Å². The molecule has 0 spiro atoms. The van der Waals surface area contributed by atoms with Gasteiger partial charge in [0.15, 0.2) is 0 Å². The highest BCUT2D eigenvalue weighted by Crippen LogP contribution is 2.67. The van der Waals surface area contributed by atoms with Crippen LogP contribution in [0.2, 0.25) is 0 Å². The minimum atomic E-state index is -0.0900. The van der Waals surface area contributed by atoms with Crippen LogP contribution in [0, 0.1) is 40.4 Å². The van der Waals surface area contributed by atoms with Crippen LogP contribution in [0.25, 0.3) is 0 Å². The van der Waals surface area contributed by atoms with Crippen molar-refractivity contribution in [3.8, 4) is 0 Å². The molecule has 166 valence electrons. The molecule has 4 aliphatic carbocycles. The molecule has 0 aromatic rings. The number of fused-ring (bicyclic) bond motifs is 5. The molecule has 29 heavy (non-hydrogen) atoms. The van der Waals surface area contributed by atoms with E-state index in [1.54, 1.807) is 5.57 Å². The summed E-state index contributed by atoms with van der Waals surface area (Å²) < 4.78 is 5.70. The van der Waals surface area contributed by atoms with E-state index in [9.17, 15) is 5.11 Å². The number of aliphatic hydroxyl groups is 1. The van der Waals surface area contributed by atoms with E-state index in [4.69, 9.17) is 4.74 Å². The van der Waals surface area contributed by atoms with E-state index in [1.807, 2.05) is 7.11 Å². The molecule has 0 aromatic heterocycles. The van der Waals surface area contributed by atoms with Crippen molar-refractivity contribution in [3.05, 3.63) is 11.6 Å². The Morgan fingerprint density at radius 3 is 2.62 bits per heavy atom. The number of methoxy groups -OCH3 is 1. The van der Waals surface area contributed by atoms with Crippen LogP contribution in [0.4, 0.5) is 0 Å². The van der Waals surface area contributed by atoms with E-state index < -0.39 is 0 Å². The minimum Gasteiger partial charge on any atom is -0.393 e. The lowest BCUT2D eigenvalue weighted by Gasteiger charge is -2.58. The van der Waals surface area contributed by atoms with Gasteiger partial charge in [0.25, 0.3) is 0 Å². The number of hydrogen-bond acceptors (Lipinski definition) is 2. The maximum Gasteiger partial charge on any atom is 0.0622 e. The summed E-state index contributed by atoms with van der Waals surface area (Å²) in [4.78, 5) is 0. The van der Waals surface area contributed by atoms with Gasteiger partial charge in [0.1, 0.15) is 0 Å². The minimum absolute atomic E-state index is 0.00946. The van der Waals surface area contributed by atoms with E-state index in [-0.39, 0.29) is 11.7 Å². The molecule has 1 N–H and O–H groups in total. The van der Waals surface area contributed by atoms with E-state index >= 15 is 0 Å². The Labute approximate surface area is 179 Å². The van der Waals surface area contributed by atoms with Crippen molar-refractivity contribution < 1.29 is 9.84 Å². The highest BCUT2D eigenvalue weighted by atomic mass is 16.5. The summed E-state index contributed by atoms with van der Waals surface area (Å²) in [6, 6.07) is 0. The Balaban J connectivity index is 1.50. The van der Waals surface area contributed by atoms with Gasteiger partial charge in [-0.25, -0.2) is 0 Å². The summed E-state index contributed by atoms with van der Waals surface area (Å²) in [5.74, 6) is 4.32. The van der Waals surface area contributed by atoms with Gasteiger partial charge in [0, 0.05) is 7.11 Å². The van der Waals surface area contributed by atoms with Gasteiger partial charge < -0.3 is 9.84 Å². The fraction of sp³-hybridized carbons (Fsp3) is 0.926. The molecule has 8 atom stereocenters. The zero-order valence-electron chi connectivity index (χ0n) is 20.0. The van der Waals surface area contributed by atoms with E-state index in [0.29, 0.717) is 10.8 Å². The monoisotopic (exact) mass is 402 g/mol. The first-order valence-corrected chi connectivity index (χ1v) is 12.5. The Morgan fingerprint density at radius 2 is 1.90 bits per heavy atom. The summed E-state index contributed by atoms with van der Waals surface area (Å²) in [7, 11) is 1.86. The number of rotatable bonds is 5. The summed E-state index contributed by atoms with van der Waals surface area (Å²) in [6.45, 7) is 12.2. The van der Waals surface area contributed by atoms with Gasteiger partial charge in [0.2, 0.25) is 0 Å². The first-order valence-electron chi connectivity index (χ1n) is 12.5. The van der Waals surface area contributed by atoms with Crippen LogP contribution in [0.5, 0.6) is 0 Å². The molecular formula is C27H46O2. The third-order valence-corrected chi connectivity index (χ3v) is 10.6. The number of ether oxygens (including phenoxy) is 1. The maximum absolute atomic E-state index is 10.2. The van der Waals surface area contributed by atoms with E-state index in [2.05, 4.69) is 40.7 Å². The standard InChI is InChI=1S/C27H46O2/c1-18(11-14-25(2,3)29-6)22-9-10-23-21-8-7-19-17-20(28)12-15-26(19,4)24(21)13-16-27(22,23)5/h7,18,20-24,28H,8-17H2,1-6H3/t18-,20+,21?,22?,23?,24?,26+,27-/m1/s1. The molecule has 0 amide bonds. The van der Waals surface area contributed by atoms with Gasteiger partial charge in [-0.05, 0) is 118 Å². The van der Waals surface area contributed by atoms with Gasteiger partial charge in [0.05, 0.1) is 11.7 Å². The normalized spacial score (nSPS) is 45.8. The summed E-state index contributed by atoms with van der Waals surface area (Å²) in [6.07, 6.45) is 15.1. The highest BCUT2D eigenvalue weighted by Gasteiger charge is 2.59. The molecule has 0 saturated heterocycles. The van der Waals surface area contributed by atoms with Crippen LogP contribution in [0.15, 0.2) is 11.6 Å². The van der Waals surface area contributed by atoms with Gasteiger partial charge in [-0.1, -0.05) is 32.4 Å². The number of aliphatic hydroxyl groups excluding tert-OH is 1. The largest absolute Gasteiger partial charge is 0.393 e. The Morgan fingerprint density at radius 1 is 1.14 bits per heavy atom. The van der Waals surface area contributed by atoms with Crippen molar-refractivity contribution in [3.63, 3.8) is 0 Å². The quantitative estimate of drug-likeness (QED) is 0.514. The zero-order valence-corrected chi connectivity index (χ0v) is 20.0. The molecule has 4 aliphatic rings. The second kappa shape index (κ2) is 7.66. The van der Waals surface area contributed by atoms with Crippen LogP contribution in [-0.2, 0) is 4.74 Å². The van der Waals surface area contributed by atoms with E-state index in [1.165, 1.54) is 51.4 Å². The fourth-order valence-electron chi connectivity index (χ4n) is 8.50. The van der Waals surface area contributed by atoms with Crippen molar-refractivity contribution in [2.45, 2.75) is 111 Å². The lowest BCUT2D eigenvalue weighted by atomic mass is 9.47. The first-order chi connectivity index (χ1) is 13.6. The van der Waals surface area contributed by atoms with Crippen LogP contribution in [-0.4, -0.2) is 23.9 Å². The molecule has 0 heterocycles.